The first-order valence-corrected chi connectivity index (χ1v) is 10.3. The molecule has 1 saturated carbocycles. The molecule has 0 N–H and O–H groups in total. The molecule has 0 spiro atoms. The van der Waals surface area contributed by atoms with Crippen LogP contribution >= 0.6 is 11.8 Å². The topological polar surface area (TPSA) is 87.6 Å². The summed E-state index contributed by atoms with van der Waals surface area (Å²) in [5.74, 6) is 0.239. The van der Waals surface area contributed by atoms with E-state index in [1.165, 1.54) is 16.4 Å². The van der Waals surface area contributed by atoms with Crippen molar-refractivity contribution < 1.29 is 4.79 Å². The number of rotatable bonds is 4. The number of hydrogen-bond acceptors (Lipinski definition) is 6. The molecule has 0 radical (unpaired) electrons. The Labute approximate surface area is 166 Å². The number of tetrazole rings is 1. The molecule has 0 aliphatic heterocycles. The first-order valence-electron chi connectivity index (χ1n) is 9.40. The number of nitrogens with zero attached hydrogens (tertiary/aromatic N) is 6. The molecule has 1 atom stereocenters. The molecule has 1 aliphatic rings. The van der Waals surface area contributed by atoms with Crippen LogP contribution in [0.25, 0.3) is 11.4 Å². The summed E-state index contributed by atoms with van der Waals surface area (Å²) in [4.78, 5) is 25.6. The number of aromatic nitrogens is 6. The molecule has 4 rings (SSSR count). The zero-order chi connectivity index (χ0) is 19.7. The molecule has 0 amide bonds. The van der Waals surface area contributed by atoms with E-state index < -0.39 is 0 Å². The molecule has 28 heavy (non-hydrogen) atoms. The maximum atomic E-state index is 13.2. The van der Waals surface area contributed by atoms with Crippen LogP contribution in [0.4, 0.5) is 0 Å². The number of carbonyl (C=O) groups excluding carboxylic acids is 1. The summed E-state index contributed by atoms with van der Waals surface area (Å²) in [6, 6.07) is 9.44. The van der Waals surface area contributed by atoms with Crippen molar-refractivity contribution in [2.24, 2.45) is 7.05 Å². The number of hydrogen-bond donors (Lipinski definition) is 0. The SMILES string of the molecule is Cc1c(-n2nnnc2SC2CCCCCC2=O)c(=O)n(-c2ccccc2)n1C. The first-order chi connectivity index (χ1) is 13.6. The van der Waals surface area contributed by atoms with E-state index in [2.05, 4.69) is 15.5 Å². The first kappa shape index (κ1) is 18.7. The largest absolute Gasteiger partial charge is 0.298 e. The lowest BCUT2D eigenvalue weighted by Crippen LogP contribution is -2.22. The molecule has 3 aromatic rings. The number of benzene rings is 1. The molecule has 1 fully saturated rings. The normalized spacial score (nSPS) is 17.6. The zero-order valence-corrected chi connectivity index (χ0v) is 16.7. The fraction of sp³-hybridized carbons (Fsp3) is 0.421. The summed E-state index contributed by atoms with van der Waals surface area (Å²) in [6.07, 6.45) is 4.46. The molecule has 1 aliphatic carbocycles. The van der Waals surface area contributed by atoms with Gasteiger partial charge in [0.1, 0.15) is 5.78 Å². The van der Waals surface area contributed by atoms with E-state index in [9.17, 15) is 9.59 Å². The van der Waals surface area contributed by atoms with Gasteiger partial charge in [0.25, 0.3) is 5.56 Å². The van der Waals surface area contributed by atoms with Gasteiger partial charge in [-0.1, -0.05) is 42.8 Å². The van der Waals surface area contributed by atoms with Gasteiger partial charge in [0.2, 0.25) is 5.16 Å². The van der Waals surface area contributed by atoms with Gasteiger partial charge in [-0.15, -0.1) is 5.10 Å². The highest BCUT2D eigenvalue weighted by atomic mass is 32.2. The van der Waals surface area contributed by atoms with Crippen LogP contribution in [0.2, 0.25) is 0 Å². The molecular weight excluding hydrogens is 376 g/mol. The predicted octanol–water partition coefficient (Wildman–Crippen LogP) is 2.45. The minimum atomic E-state index is -0.201. The molecule has 0 saturated heterocycles. The second-order valence-electron chi connectivity index (χ2n) is 6.96. The van der Waals surface area contributed by atoms with Gasteiger partial charge in [-0.3, -0.25) is 14.3 Å². The highest BCUT2D eigenvalue weighted by molar-refractivity contribution is 8.00. The van der Waals surface area contributed by atoms with Gasteiger partial charge in [-0.25, -0.2) is 4.68 Å². The Balaban J connectivity index is 1.75. The predicted molar refractivity (Wildman–Crippen MR) is 106 cm³/mol. The van der Waals surface area contributed by atoms with Gasteiger partial charge in [-0.2, -0.15) is 4.68 Å². The molecule has 1 aromatic carbocycles. The van der Waals surface area contributed by atoms with Crippen molar-refractivity contribution >= 4 is 17.5 Å². The van der Waals surface area contributed by atoms with Crippen molar-refractivity contribution in [3.63, 3.8) is 0 Å². The van der Waals surface area contributed by atoms with E-state index >= 15 is 0 Å². The van der Waals surface area contributed by atoms with Crippen molar-refractivity contribution in [1.29, 1.82) is 0 Å². The Morgan fingerprint density at radius 3 is 2.68 bits per heavy atom. The molecule has 1 unspecified atom stereocenters. The Hall–Kier alpha value is -2.68. The van der Waals surface area contributed by atoms with Gasteiger partial charge < -0.3 is 0 Å². The van der Waals surface area contributed by atoms with E-state index in [1.54, 1.807) is 9.36 Å². The van der Waals surface area contributed by atoms with Gasteiger partial charge in [0.15, 0.2) is 5.69 Å². The molecule has 2 aromatic heterocycles. The minimum Gasteiger partial charge on any atom is -0.298 e. The van der Waals surface area contributed by atoms with E-state index in [1.807, 2.05) is 44.3 Å². The van der Waals surface area contributed by atoms with Crippen molar-refractivity contribution in [3.8, 4) is 11.4 Å². The lowest BCUT2D eigenvalue weighted by Gasteiger charge is -2.11. The Bertz CT molecular complexity index is 1050. The van der Waals surface area contributed by atoms with Gasteiger partial charge in [0, 0.05) is 13.5 Å². The van der Waals surface area contributed by atoms with Gasteiger partial charge in [0.05, 0.1) is 16.6 Å². The molecular formula is C19H22N6O2S. The molecule has 0 bridgehead atoms. The molecule has 9 heteroatoms. The number of Topliss-reactive ketones (excluding diaryl/α,β-unsaturated/α-hetero) is 1. The van der Waals surface area contributed by atoms with Gasteiger partial charge >= 0.3 is 0 Å². The van der Waals surface area contributed by atoms with E-state index in [-0.39, 0.29) is 16.6 Å². The van der Waals surface area contributed by atoms with Crippen LogP contribution in [-0.2, 0) is 11.8 Å². The van der Waals surface area contributed by atoms with Crippen LogP contribution < -0.4 is 5.56 Å². The van der Waals surface area contributed by atoms with Crippen LogP contribution in [0.15, 0.2) is 40.3 Å². The van der Waals surface area contributed by atoms with Crippen molar-refractivity contribution in [2.45, 2.75) is 49.4 Å². The van der Waals surface area contributed by atoms with E-state index in [0.29, 0.717) is 17.3 Å². The monoisotopic (exact) mass is 398 g/mol. The third kappa shape index (κ3) is 3.30. The Morgan fingerprint density at radius 2 is 1.89 bits per heavy atom. The zero-order valence-electron chi connectivity index (χ0n) is 15.9. The third-order valence-electron chi connectivity index (χ3n) is 5.17. The van der Waals surface area contributed by atoms with Crippen molar-refractivity contribution in [3.05, 3.63) is 46.4 Å². The fourth-order valence-corrected chi connectivity index (χ4v) is 4.67. The van der Waals surface area contributed by atoms with Crippen LogP contribution in [0.1, 0.15) is 37.8 Å². The molecule has 2 heterocycles. The average molecular weight is 398 g/mol. The fourth-order valence-electron chi connectivity index (χ4n) is 3.57. The van der Waals surface area contributed by atoms with Gasteiger partial charge in [-0.05, 0) is 42.3 Å². The van der Waals surface area contributed by atoms with E-state index in [0.717, 1.165) is 37.1 Å². The maximum Gasteiger partial charge on any atom is 0.297 e. The lowest BCUT2D eigenvalue weighted by molar-refractivity contribution is -0.118. The highest BCUT2D eigenvalue weighted by Gasteiger charge is 2.27. The second-order valence-corrected chi connectivity index (χ2v) is 8.13. The summed E-state index contributed by atoms with van der Waals surface area (Å²) in [7, 11) is 1.83. The van der Waals surface area contributed by atoms with Crippen LogP contribution in [0.3, 0.4) is 0 Å². The summed E-state index contributed by atoms with van der Waals surface area (Å²) in [6.45, 7) is 1.86. The average Bonchev–Trinajstić information content (AvgIpc) is 3.15. The van der Waals surface area contributed by atoms with Crippen LogP contribution in [0.5, 0.6) is 0 Å². The summed E-state index contributed by atoms with van der Waals surface area (Å²) >= 11 is 1.36. The number of carbonyl (C=O) groups is 1. The minimum absolute atomic E-state index is 0.160. The number of thioether (sulfide) groups is 1. The number of para-hydroxylation sites is 1. The van der Waals surface area contributed by atoms with Crippen LogP contribution in [-0.4, -0.2) is 40.6 Å². The standard InChI is InChI=1S/C19H22N6O2S/c1-13-17(18(27)25(23(13)2)14-9-5-3-6-10-14)24-19(20-21-22-24)28-16-12-8-4-7-11-15(16)26/h3,5-6,9-10,16H,4,7-8,11-12H2,1-2H3. The van der Waals surface area contributed by atoms with Crippen molar-refractivity contribution in [1.82, 2.24) is 29.6 Å². The Kier molecular flexibility index (Phi) is 5.17. The quantitative estimate of drug-likeness (QED) is 0.628. The highest BCUT2D eigenvalue weighted by Crippen LogP contribution is 2.30. The van der Waals surface area contributed by atoms with Crippen LogP contribution in [0, 0.1) is 6.92 Å². The maximum absolute atomic E-state index is 13.2. The second kappa shape index (κ2) is 7.75. The van der Waals surface area contributed by atoms with E-state index in [4.69, 9.17) is 0 Å². The smallest absolute Gasteiger partial charge is 0.297 e. The Morgan fingerprint density at radius 1 is 1.11 bits per heavy atom. The van der Waals surface area contributed by atoms with Crippen molar-refractivity contribution in [2.75, 3.05) is 0 Å². The summed E-state index contributed by atoms with van der Waals surface area (Å²) in [5, 5.41) is 12.3. The lowest BCUT2D eigenvalue weighted by atomic mass is 10.2. The summed E-state index contributed by atoms with van der Waals surface area (Å²) < 4.78 is 4.86. The summed E-state index contributed by atoms with van der Waals surface area (Å²) in [5.41, 5.74) is 1.72. The molecule has 8 nitrogen and oxygen atoms in total. The molecule has 146 valence electrons. The third-order valence-corrected chi connectivity index (χ3v) is 6.42. The number of ketones is 1.